The van der Waals surface area contributed by atoms with Gasteiger partial charge in [0.05, 0.1) is 11.5 Å². The van der Waals surface area contributed by atoms with Crippen LogP contribution in [0.25, 0.3) is 0 Å². The maximum absolute atomic E-state index is 12.2. The molecule has 1 atom stereocenters. The van der Waals surface area contributed by atoms with E-state index in [1.54, 1.807) is 29.2 Å². The minimum Gasteiger partial charge on any atom is -0.484 e. The van der Waals surface area contributed by atoms with Crippen molar-refractivity contribution in [1.29, 1.82) is 0 Å². The smallest absolute Gasteiger partial charge is 0.260 e. The number of benzene rings is 1. The number of hydrogen-bond acceptors (Lipinski definition) is 5. The highest BCUT2D eigenvalue weighted by Gasteiger charge is 2.34. The highest BCUT2D eigenvalue weighted by atomic mass is 35.5. The minimum absolute atomic E-state index is 0.000555. The number of hydrogen-bond donors (Lipinski definition) is 0. The van der Waals surface area contributed by atoms with Crippen molar-refractivity contribution in [3.05, 3.63) is 29.3 Å². The number of rotatable bonds is 4. The normalized spacial score (nSPS) is 24.0. The molecule has 0 aromatic heterocycles. The van der Waals surface area contributed by atoms with E-state index in [0.717, 1.165) is 0 Å². The molecule has 6 nitrogen and oxygen atoms in total. The fourth-order valence-electron chi connectivity index (χ4n) is 3.17. The van der Waals surface area contributed by atoms with E-state index in [0.29, 0.717) is 43.4 Å². The van der Waals surface area contributed by atoms with Gasteiger partial charge in [0.25, 0.3) is 5.91 Å². The van der Waals surface area contributed by atoms with Gasteiger partial charge < -0.3 is 9.64 Å². The van der Waals surface area contributed by atoms with Crippen LogP contribution in [-0.4, -0.2) is 74.5 Å². The van der Waals surface area contributed by atoms with Crippen molar-refractivity contribution in [3.63, 3.8) is 0 Å². The number of piperazine rings is 1. The molecule has 0 radical (unpaired) electrons. The molecule has 2 aliphatic rings. The molecule has 2 aliphatic heterocycles. The topological polar surface area (TPSA) is 66.9 Å². The lowest BCUT2D eigenvalue weighted by atomic mass is 10.2. The lowest BCUT2D eigenvalue weighted by Gasteiger charge is -2.37. The van der Waals surface area contributed by atoms with E-state index in [-0.39, 0.29) is 30.1 Å². The van der Waals surface area contributed by atoms with Crippen LogP contribution >= 0.6 is 11.6 Å². The molecule has 0 bridgehead atoms. The highest BCUT2D eigenvalue weighted by molar-refractivity contribution is 7.91. The van der Waals surface area contributed by atoms with Crippen LogP contribution in [0, 0.1) is 0 Å². The summed E-state index contributed by atoms with van der Waals surface area (Å²) in [7, 11) is -2.87. The molecule has 2 fully saturated rings. The Morgan fingerprint density at radius 2 is 1.83 bits per heavy atom. The third kappa shape index (κ3) is 4.40. The van der Waals surface area contributed by atoms with Crippen molar-refractivity contribution >= 4 is 27.3 Å². The molecule has 3 rings (SSSR count). The molecule has 2 saturated heterocycles. The second-order valence-electron chi connectivity index (χ2n) is 6.22. The third-order valence-corrected chi connectivity index (χ3v) is 6.57. The molecule has 0 unspecified atom stereocenters. The van der Waals surface area contributed by atoms with Crippen LogP contribution in [0.3, 0.4) is 0 Å². The van der Waals surface area contributed by atoms with Crippen LogP contribution in [0.4, 0.5) is 0 Å². The summed E-state index contributed by atoms with van der Waals surface area (Å²) >= 11 is 5.81. The fraction of sp³-hybridized carbons (Fsp3) is 0.562. The zero-order chi connectivity index (χ0) is 17.2. The van der Waals surface area contributed by atoms with Gasteiger partial charge in [-0.15, -0.1) is 0 Å². The van der Waals surface area contributed by atoms with Gasteiger partial charge in [-0.2, -0.15) is 0 Å². The number of carbonyl (C=O) groups excluding carboxylic acids is 1. The number of halogens is 1. The van der Waals surface area contributed by atoms with Gasteiger partial charge in [0, 0.05) is 37.2 Å². The van der Waals surface area contributed by atoms with E-state index in [9.17, 15) is 13.2 Å². The molecule has 2 heterocycles. The molecule has 0 aliphatic carbocycles. The van der Waals surface area contributed by atoms with Crippen LogP contribution in [0.5, 0.6) is 5.75 Å². The Morgan fingerprint density at radius 3 is 2.42 bits per heavy atom. The number of carbonyl (C=O) groups is 1. The first-order valence-corrected chi connectivity index (χ1v) is 10.2. The molecule has 1 aromatic rings. The minimum atomic E-state index is -2.87. The molecule has 0 saturated carbocycles. The van der Waals surface area contributed by atoms with Crippen molar-refractivity contribution in [2.75, 3.05) is 44.3 Å². The Bertz CT molecular complexity index is 685. The molecule has 0 N–H and O–H groups in total. The quantitative estimate of drug-likeness (QED) is 0.790. The summed E-state index contributed by atoms with van der Waals surface area (Å²) < 4.78 is 28.6. The average Bonchev–Trinajstić information content (AvgIpc) is 2.94. The molecule has 0 spiro atoms. The number of sulfone groups is 1. The predicted octanol–water partition coefficient (Wildman–Crippen LogP) is 1.05. The lowest BCUT2D eigenvalue weighted by molar-refractivity contribution is -0.135. The summed E-state index contributed by atoms with van der Waals surface area (Å²) in [5.74, 6) is 1.10. The third-order valence-electron chi connectivity index (χ3n) is 4.57. The largest absolute Gasteiger partial charge is 0.484 e. The Balaban J connectivity index is 1.44. The van der Waals surface area contributed by atoms with Crippen molar-refractivity contribution in [2.24, 2.45) is 0 Å². The number of amides is 1. The first-order valence-electron chi connectivity index (χ1n) is 8.03. The van der Waals surface area contributed by atoms with Gasteiger partial charge in [-0.3, -0.25) is 9.69 Å². The molecule has 132 valence electrons. The van der Waals surface area contributed by atoms with Gasteiger partial charge in [0.15, 0.2) is 16.4 Å². The maximum Gasteiger partial charge on any atom is 0.260 e. The van der Waals surface area contributed by atoms with Crippen molar-refractivity contribution in [3.8, 4) is 5.75 Å². The number of ether oxygens (including phenoxy) is 1. The van der Waals surface area contributed by atoms with Crippen LogP contribution in [0.1, 0.15) is 6.42 Å². The van der Waals surface area contributed by atoms with E-state index >= 15 is 0 Å². The van der Waals surface area contributed by atoms with Gasteiger partial charge in [-0.25, -0.2) is 8.42 Å². The summed E-state index contributed by atoms with van der Waals surface area (Å²) in [5.41, 5.74) is 0. The van der Waals surface area contributed by atoms with Gasteiger partial charge >= 0.3 is 0 Å². The van der Waals surface area contributed by atoms with Crippen molar-refractivity contribution in [1.82, 2.24) is 9.80 Å². The maximum atomic E-state index is 12.2. The second-order valence-corrected chi connectivity index (χ2v) is 8.88. The van der Waals surface area contributed by atoms with E-state index in [1.807, 2.05) is 0 Å². The zero-order valence-electron chi connectivity index (χ0n) is 13.4. The fourth-order valence-corrected chi connectivity index (χ4v) is 5.05. The molecule has 1 aromatic carbocycles. The Morgan fingerprint density at radius 1 is 1.17 bits per heavy atom. The Hall–Kier alpha value is -1.31. The second kappa shape index (κ2) is 7.29. The van der Waals surface area contributed by atoms with Crippen LogP contribution < -0.4 is 4.74 Å². The first kappa shape index (κ1) is 17.5. The van der Waals surface area contributed by atoms with E-state index in [2.05, 4.69) is 4.90 Å². The van der Waals surface area contributed by atoms with Crippen molar-refractivity contribution in [2.45, 2.75) is 12.5 Å². The van der Waals surface area contributed by atoms with Crippen molar-refractivity contribution < 1.29 is 17.9 Å². The Kier molecular flexibility index (Phi) is 5.32. The lowest BCUT2D eigenvalue weighted by Crippen LogP contribution is -2.53. The standard InChI is InChI=1S/C16H21ClN2O4S/c17-13-1-3-15(4-2-13)23-11-16(20)19-8-6-18(7-9-19)14-5-10-24(21,22)12-14/h1-4,14H,5-12H2/t14-/m0/s1. The monoisotopic (exact) mass is 372 g/mol. The average molecular weight is 373 g/mol. The Labute approximate surface area is 147 Å². The summed E-state index contributed by atoms with van der Waals surface area (Å²) in [6.07, 6.45) is 0.704. The summed E-state index contributed by atoms with van der Waals surface area (Å²) in [5, 5.41) is 0.624. The summed E-state index contributed by atoms with van der Waals surface area (Å²) in [4.78, 5) is 16.2. The summed E-state index contributed by atoms with van der Waals surface area (Å²) in [6.45, 7) is 2.65. The molecular weight excluding hydrogens is 352 g/mol. The van der Waals surface area contributed by atoms with Gasteiger partial charge in [-0.1, -0.05) is 11.6 Å². The molecular formula is C16H21ClN2O4S. The van der Waals surface area contributed by atoms with E-state index < -0.39 is 9.84 Å². The van der Waals surface area contributed by atoms with E-state index in [1.165, 1.54) is 0 Å². The van der Waals surface area contributed by atoms with Crippen LogP contribution in [0.2, 0.25) is 5.02 Å². The van der Waals surface area contributed by atoms with Crippen LogP contribution in [-0.2, 0) is 14.6 Å². The summed E-state index contributed by atoms with van der Waals surface area (Å²) in [6, 6.07) is 7.01. The predicted molar refractivity (Wildman–Crippen MR) is 92.2 cm³/mol. The first-order chi connectivity index (χ1) is 11.4. The zero-order valence-corrected chi connectivity index (χ0v) is 14.9. The molecule has 8 heteroatoms. The number of nitrogens with zero attached hydrogens (tertiary/aromatic N) is 2. The van der Waals surface area contributed by atoms with Crippen LogP contribution in [0.15, 0.2) is 24.3 Å². The molecule has 1 amide bonds. The van der Waals surface area contributed by atoms with Gasteiger partial charge in [0.1, 0.15) is 5.75 Å². The molecule has 24 heavy (non-hydrogen) atoms. The van der Waals surface area contributed by atoms with Gasteiger partial charge in [0.2, 0.25) is 0 Å². The SMILES string of the molecule is O=C(COc1ccc(Cl)cc1)N1CCN([C@H]2CCS(=O)(=O)C2)CC1. The highest BCUT2D eigenvalue weighted by Crippen LogP contribution is 2.19. The van der Waals surface area contributed by atoms with Gasteiger partial charge in [-0.05, 0) is 30.7 Å². The van der Waals surface area contributed by atoms with E-state index in [4.69, 9.17) is 16.3 Å².